The fourth-order valence-electron chi connectivity index (χ4n) is 2.52. The van der Waals surface area contributed by atoms with Crippen LogP contribution in [0.25, 0.3) is 0 Å². The zero-order valence-corrected chi connectivity index (χ0v) is 11.3. The first-order chi connectivity index (χ1) is 9.26. The second kappa shape index (κ2) is 5.13. The van der Waals surface area contributed by atoms with E-state index in [1.807, 2.05) is 6.92 Å². The van der Waals surface area contributed by atoms with Crippen molar-refractivity contribution >= 4 is 0 Å². The number of nitrogens with zero attached hydrogens (tertiary/aromatic N) is 4. The first kappa shape index (κ1) is 12.3. The van der Waals surface area contributed by atoms with Crippen molar-refractivity contribution in [3.8, 4) is 0 Å². The van der Waals surface area contributed by atoms with Gasteiger partial charge in [0.05, 0.1) is 18.8 Å². The van der Waals surface area contributed by atoms with Gasteiger partial charge in [0.2, 0.25) is 11.8 Å². The highest BCUT2D eigenvalue weighted by atomic mass is 16.5. The average Bonchev–Trinajstić information content (AvgIpc) is 3.10. The Balaban J connectivity index is 1.72. The van der Waals surface area contributed by atoms with Gasteiger partial charge in [0.1, 0.15) is 5.76 Å². The van der Waals surface area contributed by atoms with Gasteiger partial charge in [-0.05, 0) is 19.4 Å². The Morgan fingerprint density at radius 1 is 1.47 bits per heavy atom. The van der Waals surface area contributed by atoms with E-state index in [1.54, 1.807) is 6.20 Å². The fourth-order valence-corrected chi connectivity index (χ4v) is 2.52. The van der Waals surface area contributed by atoms with E-state index in [2.05, 4.69) is 26.9 Å². The quantitative estimate of drug-likeness (QED) is 0.842. The number of oxazole rings is 1. The number of likely N-dealkylation sites (tertiary alicyclic amines) is 1. The van der Waals surface area contributed by atoms with Crippen molar-refractivity contribution in [1.82, 2.24) is 20.0 Å². The Morgan fingerprint density at radius 3 is 3.05 bits per heavy atom. The maximum atomic E-state index is 5.67. The summed E-state index contributed by atoms with van der Waals surface area (Å²) < 4.78 is 10.7. The molecule has 102 valence electrons. The Morgan fingerprint density at radius 2 is 2.37 bits per heavy atom. The molecule has 1 aliphatic rings. The van der Waals surface area contributed by atoms with Crippen LogP contribution in [0.5, 0.6) is 0 Å². The summed E-state index contributed by atoms with van der Waals surface area (Å²) in [5.41, 5.74) is 0. The van der Waals surface area contributed by atoms with Crippen LogP contribution in [0.15, 0.2) is 15.1 Å². The summed E-state index contributed by atoms with van der Waals surface area (Å²) in [4.78, 5) is 10.9. The van der Waals surface area contributed by atoms with Gasteiger partial charge in [-0.15, -0.1) is 0 Å². The van der Waals surface area contributed by atoms with Crippen molar-refractivity contribution in [2.75, 3.05) is 6.54 Å². The predicted octanol–water partition coefficient (Wildman–Crippen LogP) is 2.27. The zero-order valence-electron chi connectivity index (χ0n) is 11.3. The molecule has 2 aromatic rings. The highest BCUT2D eigenvalue weighted by Gasteiger charge is 2.30. The van der Waals surface area contributed by atoms with E-state index in [4.69, 9.17) is 8.94 Å². The molecule has 0 spiro atoms. The van der Waals surface area contributed by atoms with E-state index in [9.17, 15) is 0 Å². The van der Waals surface area contributed by atoms with Crippen LogP contribution in [0.4, 0.5) is 0 Å². The zero-order chi connectivity index (χ0) is 13.2. The molecule has 0 radical (unpaired) electrons. The van der Waals surface area contributed by atoms with Crippen LogP contribution >= 0.6 is 0 Å². The molecule has 1 aliphatic heterocycles. The fraction of sp³-hybridized carbons (Fsp3) is 0.615. The summed E-state index contributed by atoms with van der Waals surface area (Å²) in [5.74, 6) is 3.09. The van der Waals surface area contributed by atoms with Gasteiger partial charge in [-0.1, -0.05) is 12.1 Å². The molecule has 0 amide bonds. The topological polar surface area (TPSA) is 68.2 Å². The Hall–Kier alpha value is -1.69. The normalized spacial score (nSPS) is 20.2. The summed E-state index contributed by atoms with van der Waals surface area (Å²) >= 11 is 0. The minimum absolute atomic E-state index is 0.217. The molecule has 1 fully saturated rings. The first-order valence-corrected chi connectivity index (χ1v) is 6.74. The molecule has 1 atom stereocenters. The van der Waals surface area contributed by atoms with Gasteiger partial charge in [-0.25, -0.2) is 4.98 Å². The van der Waals surface area contributed by atoms with Crippen molar-refractivity contribution in [1.29, 1.82) is 0 Å². The summed E-state index contributed by atoms with van der Waals surface area (Å²) in [5, 5.41) is 4.03. The van der Waals surface area contributed by atoms with Gasteiger partial charge >= 0.3 is 0 Å². The summed E-state index contributed by atoms with van der Waals surface area (Å²) in [7, 11) is 0. The first-order valence-electron chi connectivity index (χ1n) is 6.74. The van der Waals surface area contributed by atoms with Crippen molar-refractivity contribution in [3.63, 3.8) is 0 Å². The second-order valence-corrected chi connectivity index (χ2v) is 4.87. The molecule has 3 heterocycles. The third-order valence-electron chi connectivity index (χ3n) is 3.49. The molecule has 6 nitrogen and oxygen atoms in total. The van der Waals surface area contributed by atoms with Crippen LogP contribution in [0.1, 0.15) is 49.2 Å². The monoisotopic (exact) mass is 262 g/mol. The minimum Gasteiger partial charge on any atom is -0.444 e. The van der Waals surface area contributed by atoms with Crippen molar-refractivity contribution in [2.24, 2.45) is 0 Å². The third-order valence-corrected chi connectivity index (χ3v) is 3.49. The molecule has 0 bridgehead atoms. The highest BCUT2D eigenvalue weighted by molar-refractivity contribution is 5.00. The van der Waals surface area contributed by atoms with Gasteiger partial charge < -0.3 is 8.94 Å². The van der Waals surface area contributed by atoms with Gasteiger partial charge in [-0.3, -0.25) is 4.90 Å². The summed E-state index contributed by atoms with van der Waals surface area (Å²) in [6.07, 6.45) is 4.87. The molecule has 3 rings (SSSR count). The van der Waals surface area contributed by atoms with Crippen LogP contribution in [-0.2, 0) is 13.0 Å². The van der Waals surface area contributed by atoms with Gasteiger partial charge in [0.15, 0.2) is 5.82 Å². The van der Waals surface area contributed by atoms with Crippen molar-refractivity contribution in [2.45, 2.75) is 45.7 Å². The number of hydrogen-bond acceptors (Lipinski definition) is 6. The minimum atomic E-state index is 0.217. The molecule has 1 unspecified atom stereocenters. The van der Waals surface area contributed by atoms with Crippen LogP contribution in [-0.4, -0.2) is 26.6 Å². The molecule has 0 aromatic carbocycles. The molecule has 0 N–H and O–H groups in total. The van der Waals surface area contributed by atoms with Crippen LogP contribution in [0.3, 0.4) is 0 Å². The van der Waals surface area contributed by atoms with E-state index in [-0.39, 0.29) is 6.04 Å². The third kappa shape index (κ3) is 2.53. The van der Waals surface area contributed by atoms with Crippen LogP contribution in [0.2, 0.25) is 0 Å². The molecule has 0 aliphatic carbocycles. The number of aromatic nitrogens is 3. The number of hydrogen-bond donors (Lipinski definition) is 0. The largest absolute Gasteiger partial charge is 0.444 e. The highest BCUT2D eigenvalue weighted by Crippen LogP contribution is 2.31. The lowest BCUT2D eigenvalue weighted by Crippen LogP contribution is -2.23. The molecular formula is C13H18N4O2. The lowest BCUT2D eigenvalue weighted by molar-refractivity contribution is 0.210. The molecule has 0 saturated carbocycles. The SMILES string of the molecule is CCc1cnc(CN2CCCC2c2noc(C)n2)o1. The smallest absolute Gasteiger partial charge is 0.223 e. The molecule has 6 heteroatoms. The standard InChI is InChI=1S/C13H18N4O2/c1-3-10-7-14-12(18-10)8-17-6-4-5-11(17)13-15-9(2)19-16-13/h7,11H,3-6,8H2,1-2H3. The number of aryl methyl sites for hydroxylation is 2. The predicted molar refractivity (Wildman–Crippen MR) is 67.3 cm³/mol. The van der Waals surface area contributed by atoms with Gasteiger partial charge in [-0.2, -0.15) is 4.98 Å². The van der Waals surface area contributed by atoms with E-state index < -0.39 is 0 Å². The van der Waals surface area contributed by atoms with E-state index >= 15 is 0 Å². The van der Waals surface area contributed by atoms with E-state index in [0.717, 1.165) is 43.3 Å². The Labute approximate surface area is 111 Å². The van der Waals surface area contributed by atoms with E-state index in [0.29, 0.717) is 12.4 Å². The lowest BCUT2D eigenvalue weighted by atomic mass is 10.2. The number of rotatable bonds is 4. The molecular weight excluding hydrogens is 244 g/mol. The van der Waals surface area contributed by atoms with Crippen LogP contribution < -0.4 is 0 Å². The summed E-state index contributed by atoms with van der Waals surface area (Å²) in [6.45, 7) is 5.60. The lowest BCUT2D eigenvalue weighted by Gasteiger charge is -2.19. The Kier molecular flexibility index (Phi) is 3.33. The molecule has 1 saturated heterocycles. The molecule has 19 heavy (non-hydrogen) atoms. The Bertz CT molecular complexity index is 548. The maximum absolute atomic E-state index is 5.67. The van der Waals surface area contributed by atoms with Crippen molar-refractivity contribution in [3.05, 3.63) is 29.6 Å². The van der Waals surface area contributed by atoms with Gasteiger partial charge in [0.25, 0.3) is 0 Å². The van der Waals surface area contributed by atoms with Crippen molar-refractivity contribution < 1.29 is 8.94 Å². The maximum Gasteiger partial charge on any atom is 0.223 e. The second-order valence-electron chi connectivity index (χ2n) is 4.87. The molecule has 2 aromatic heterocycles. The van der Waals surface area contributed by atoms with E-state index in [1.165, 1.54) is 0 Å². The van der Waals surface area contributed by atoms with Gasteiger partial charge in [0, 0.05) is 13.3 Å². The average molecular weight is 262 g/mol. The summed E-state index contributed by atoms with van der Waals surface area (Å²) in [6, 6.07) is 0.217. The van der Waals surface area contributed by atoms with Crippen LogP contribution in [0, 0.1) is 6.92 Å².